The van der Waals surface area contributed by atoms with E-state index in [0.717, 1.165) is 9.58 Å². The average molecular weight is 1130 g/mol. The number of rotatable bonds is 21. The molecule has 4 aliphatic rings. The predicted molar refractivity (Wildman–Crippen MR) is 286 cm³/mol. The fourth-order valence-electron chi connectivity index (χ4n) is 10.7. The number of alkyl carbamates (subject to hydrolysis) is 1. The highest BCUT2D eigenvalue weighted by molar-refractivity contribution is 6.13. The Bertz CT molecular complexity index is 3590. The maximum absolute atomic E-state index is 15.6. The van der Waals surface area contributed by atoms with Crippen LogP contribution in [0.1, 0.15) is 127 Å². The van der Waals surface area contributed by atoms with E-state index in [1.807, 2.05) is 0 Å². The zero-order valence-electron chi connectivity index (χ0n) is 45.5. The van der Waals surface area contributed by atoms with Crippen LogP contribution in [0.2, 0.25) is 0 Å². The fourth-order valence-corrected chi connectivity index (χ4v) is 10.7. The molecule has 430 valence electrons. The molecule has 26 heteroatoms. The molecule has 5 aromatic rings. The SMILES string of the molecule is CC[C@@]1(O)C(=O)OCc2c1cc1n(c2=O)Cc2c-1nc1cc(F)c(C)c3c1c2[C@@H](NC(=O)OCc1ccc(NC(=O)[C@H](C)NC(=O)[C@@H](NC(=O)CCCCCN2C(=O)C=CC2=O)C(C)C)cc1C(=O)NCc1cn(CC(=O)O)nn1)CC3. The summed E-state index contributed by atoms with van der Waals surface area (Å²) in [7, 11) is 0. The number of esters is 1. The molecule has 0 radical (unpaired) electrons. The fraction of sp³-hybridized carbons (Fsp3) is 0.411. The number of aryl methyl sites for hydroxylation is 1. The first kappa shape index (κ1) is 57.5. The number of anilines is 1. The lowest BCUT2D eigenvalue weighted by Gasteiger charge is -2.31. The number of carbonyl (C=O) groups excluding carboxylic acids is 8. The van der Waals surface area contributed by atoms with Crippen molar-refractivity contribution in [3.05, 3.63) is 115 Å². The molecule has 9 rings (SSSR count). The summed E-state index contributed by atoms with van der Waals surface area (Å²) < 4.78 is 29.1. The normalized spacial score (nSPS) is 17.4. The van der Waals surface area contributed by atoms with Crippen LogP contribution in [0.3, 0.4) is 0 Å². The zero-order valence-corrected chi connectivity index (χ0v) is 45.5. The van der Waals surface area contributed by atoms with E-state index >= 15 is 4.39 Å². The van der Waals surface area contributed by atoms with E-state index in [2.05, 4.69) is 36.9 Å². The van der Waals surface area contributed by atoms with Crippen LogP contribution in [-0.4, -0.2) is 112 Å². The van der Waals surface area contributed by atoms with Gasteiger partial charge in [0.15, 0.2) is 5.60 Å². The number of amides is 7. The number of fused-ring (bicyclic) bond motifs is 5. The number of halogens is 1. The first-order chi connectivity index (χ1) is 39.1. The minimum absolute atomic E-state index is 0.00688. The van der Waals surface area contributed by atoms with Gasteiger partial charge < -0.3 is 50.8 Å². The van der Waals surface area contributed by atoms with Gasteiger partial charge >= 0.3 is 18.0 Å². The molecule has 0 spiro atoms. The molecule has 7 N–H and O–H groups in total. The van der Waals surface area contributed by atoms with Gasteiger partial charge in [0.1, 0.15) is 43.4 Å². The molecular weight excluding hydrogens is 1070 g/mol. The predicted octanol–water partition coefficient (Wildman–Crippen LogP) is 3.12. The Morgan fingerprint density at radius 1 is 0.951 bits per heavy atom. The molecule has 4 atom stereocenters. The minimum atomic E-state index is -2.09. The molecule has 25 nitrogen and oxygen atoms in total. The Morgan fingerprint density at radius 3 is 2.43 bits per heavy atom. The number of carbonyl (C=O) groups is 9. The number of aliphatic hydroxyl groups is 1. The summed E-state index contributed by atoms with van der Waals surface area (Å²) in [4.78, 5) is 136. The third kappa shape index (κ3) is 11.6. The van der Waals surface area contributed by atoms with Crippen LogP contribution in [0.15, 0.2) is 53.5 Å². The number of pyridine rings is 2. The Kier molecular flexibility index (Phi) is 16.5. The van der Waals surface area contributed by atoms with E-state index in [-0.39, 0.29) is 108 Å². The number of hydrogen-bond acceptors (Lipinski definition) is 16. The van der Waals surface area contributed by atoms with Gasteiger partial charge in [-0.15, -0.1) is 5.10 Å². The summed E-state index contributed by atoms with van der Waals surface area (Å²) in [5.41, 5.74) is 1.08. The maximum atomic E-state index is 15.6. The zero-order chi connectivity index (χ0) is 58.9. The number of ether oxygens (including phenoxy) is 2. The van der Waals surface area contributed by atoms with Crippen molar-refractivity contribution in [1.82, 2.24) is 50.7 Å². The molecule has 7 amide bonds. The van der Waals surface area contributed by atoms with Crippen LogP contribution < -0.4 is 32.1 Å². The van der Waals surface area contributed by atoms with E-state index in [1.165, 1.54) is 54.1 Å². The smallest absolute Gasteiger partial charge is 0.407 e. The molecule has 0 saturated carbocycles. The van der Waals surface area contributed by atoms with Gasteiger partial charge in [0, 0.05) is 64.5 Å². The van der Waals surface area contributed by atoms with Crippen molar-refractivity contribution in [1.29, 1.82) is 0 Å². The highest BCUT2D eigenvalue weighted by atomic mass is 19.1. The molecule has 3 aromatic heterocycles. The second-order valence-corrected chi connectivity index (χ2v) is 21.0. The number of cyclic esters (lactones) is 1. The minimum Gasteiger partial charge on any atom is -0.480 e. The first-order valence-corrected chi connectivity index (χ1v) is 26.8. The molecule has 0 saturated heterocycles. The number of unbranched alkanes of at least 4 members (excludes halogenated alkanes) is 2. The second kappa shape index (κ2) is 23.5. The van der Waals surface area contributed by atoms with Crippen LogP contribution in [0.5, 0.6) is 0 Å². The summed E-state index contributed by atoms with van der Waals surface area (Å²) in [5, 5.41) is 42.5. The highest BCUT2D eigenvalue weighted by Gasteiger charge is 2.46. The van der Waals surface area contributed by atoms with Gasteiger partial charge in [-0.05, 0) is 86.8 Å². The van der Waals surface area contributed by atoms with Gasteiger partial charge in [-0.2, -0.15) is 0 Å². The molecule has 6 heterocycles. The summed E-state index contributed by atoms with van der Waals surface area (Å²) in [5.74, 6) is -6.16. The Balaban J connectivity index is 0.900. The number of aliphatic carboxylic acids is 1. The van der Waals surface area contributed by atoms with Crippen LogP contribution in [0.4, 0.5) is 14.9 Å². The molecule has 2 aromatic carbocycles. The number of nitrogens with zero attached hydrogens (tertiary/aromatic N) is 6. The van der Waals surface area contributed by atoms with Crippen LogP contribution >= 0.6 is 0 Å². The van der Waals surface area contributed by atoms with Gasteiger partial charge in [-0.25, -0.2) is 23.6 Å². The van der Waals surface area contributed by atoms with Gasteiger partial charge in [0.2, 0.25) is 17.7 Å². The van der Waals surface area contributed by atoms with Crippen molar-refractivity contribution in [2.75, 3.05) is 11.9 Å². The van der Waals surface area contributed by atoms with E-state index in [9.17, 15) is 58.2 Å². The van der Waals surface area contributed by atoms with E-state index in [1.54, 1.807) is 33.8 Å². The number of aromatic nitrogens is 5. The van der Waals surface area contributed by atoms with E-state index in [4.69, 9.17) is 14.5 Å². The number of carboxylic acids is 1. The Hall–Kier alpha value is -9.20. The summed E-state index contributed by atoms with van der Waals surface area (Å²) >= 11 is 0. The van der Waals surface area contributed by atoms with Crippen molar-refractivity contribution in [3.8, 4) is 11.4 Å². The molecule has 0 unspecified atom stereocenters. The van der Waals surface area contributed by atoms with Gasteiger partial charge in [-0.3, -0.25) is 43.3 Å². The second-order valence-electron chi connectivity index (χ2n) is 21.0. The number of imide groups is 1. The average Bonchev–Trinajstić information content (AvgIpc) is 1.78. The van der Waals surface area contributed by atoms with Crippen molar-refractivity contribution in [2.45, 2.75) is 136 Å². The lowest BCUT2D eigenvalue weighted by atomic mass is 9.81. The molecule has 82 heavy (non-hydrogen) atoms. The third-order valence-corrected chi connectivity index (χ3v) is 15.2. The first-order valence-electron chi connectivity index (χ1n) is 26.8. The molecule has 0 bridgehead atoms. The van der Waals surface area contributed by atoms with Crippen molar-refractivity contribution in [2.24, 2.45) is 5.92 Å². The van der Waals surface area contributed by atoms with Crippen molar-refractivity contribution in [3.63, 3.8) is 0 Å². The Labute approximate surface area is 467 Å². The van der Waals surface area contributed by atoms with Crippen molar-refractivity contribution < 1.29 is 67.2 Å². The van der Waals surface area contributed by atoms with Crippen LogP contribution in [-0.2, 0) is 87.9 Å². The Morgan fingerprint density at radius 2 is 1.71 bits per heavy atom. The quantitative estimate of drug-likeness (QED) is 0.0309. The lowest BCUT2D eigenvalue weighted by Crippen LogP contribution is -2.53. The number of carboxylic acid groups (broad SMARTS) is 1. The molecule has 1 aliphatic carbocycles. The summed E-state index contributed by atoms with van der Waals surface area (Å²) in [6, 6.07) is 4.10. The third-order valence-electron chi connectivity index (χ3n) is 15.2. The standard InChI is InChI=1S/C56H60FN11O14/c1-6-56(80)37-19-41-49-35(23-68(41)53(77)36(37)26-81-54(56)78)47-39(14-13-33-28(4)38(57)20-40(61-49)46(33)47)62-55(79)82-25-30-11-12-31(18-34(30)51(75)58-21-32-22-66(65-64-32)24-45(72)73)60-50(74)29(5)59-52(76)48(27(2)3)63-42(69)10-8-7-9-17-67-43(70)15-16-44(67)71/h11-12,15-16,18-20,22,27,29,39,48,80H,6-10,13-14,17,21,23-26H2,1-5H3,(H,58,75)(H,59,76)(H,60,74)(H,62,79)(H,63,69)(H,72,73)/t29-,39-,48-,56-/m0/s1. The highest BCUT2D eigenvalue weighted by Crippen LogP contribution is 2.46. The molecule has 3 aliphatic heterocycles. The lowest BCUT2D eigenvalue weighted by molar-refractivity contribution is -0.172. The number of benzene rings is 2. The topological polar surface area (TPSA) is 342 Å². The maximum Gasteiger partial charge on any atom is 0.407 e. The monoisotopic (exact) mass is 1130 g/mol. The molecular formula is C56H60FN11O14. The van der Waals surface area contributed by atoms with E-state index in [0.29, 0.717) is 59.0 Å². The number of hydrogen-bond donors (Lipinski definition) is 7. The number of nitrogens with one attached hydrogen (secondary N) is 5. The van der Waals surface area contributed by atoms with E-state index < -0.39 is 89.9 Å². The summed E-state index contributed by atoms with van der Waals surface area (Å²) in [6.07, 6.45) is 4.90. The summed E-state index contributed by atoms with van der Waals surface area (Å²) in [6.45, 7) is 6.79. The molecule has 0 fully saturated rings. The largest absolute Gasteiger partial charge is 0.480 e. The van der Waals surface area contributed by atoms with Gasteiger partial charge in [0.05, 0.1) is 47.8 Å². The van der Waals surface area contributed by atoms with Crippen LogP contribution in [0.25, 0.3) is 22.3 Å². The van der Waals surface area contributed by atoms with Crippen molar-refractivity contribution >= 4 is 70.1 Å². The van der Waals surface area contributed by atoms with Crippen LogP contribution in [0, 0.1) is 18.7 Å². The van der Waals surface area contributed by atoms with Gasteiger partial charge in [0.25, 0.3) is 23.3 Å². The van der Waals surface area contributed by atoms with Gasteiger partial charge in [-0.1, -0.05) is 38.5 Å².